The normalized spacial score (nSPS) is 17.2. The first kappa shape index (κ1) is 21.9. The minimum Gasteiger partial charge on any atom is -0.497 e. The van der Waals surface area contributed by atoms with Crippen LogP contribution in [0.15, 0.2) is 36.4 Å². The van der Waals surface area contributed by atoms with E-state index in [1.807, 2.05) is 44.2 Å². The second-order valence-corrected chi connectivity index (χ2v) is 8.61. The standard InChI is InChI=1S/C26H29NO5/c1-17-13-18(2)25-21(28)16-26(32-23(25)14-17)9-11-27(12-10-26)24(29)8-5-19-15-20(30-3)6-7-22(19)31-4/h5-8,13-15H,9-12,16H2,1-4H3/b8-5+. The Morgan fingerprint density at radius 3 is 2.53 bits per heavy atom. The number of ether oxygens (including phenoxy) is 3. The van der Waals surface area contributed by atoms with E-state index in [0.29, 0.717) is 55.2 Å². The number of aryl methyl sites for hydroxylation is 2. The molecular weight excluding hydrogens is 406 g/mol. The number of carbonyl (C=O) groups is 2. The van der Waals surface area contributed by atoms with E-state index in [9.17, 15) is 9.59 Å². The summed E-state index contributed by atoms with van der Waals surface area (Å²) in [6.45, 7) is 5.06. The number of hydrogen-bond acceptors (Lipinski definition) is 5. The minimum atomic E-state index is -0.527. The van der Waals surface area contributed by atoms with Gasteiger partial charge in [0.15, 0.2) is 5.78 Å². The molecule has 6 nitrogen and oxygen atoms in total. The Hall–Kier alpha value is -3.28. The molecule has 1 saturated heterocycles. The number of hydrogen-bond donors (Lipinski definition) is 0. The van der Waals surface area contributed by atoms with Gasteiger partial charge in [-0.1, -0.05) is 6.07 Å². The van der Waals surface area contributed by atoms with Crippen LogP contribution in [0.3, 0.4) is 0 Å². The molecule has 2 aromatic carbocycles. The summed E-state index contributed by atoms with van der Waals surface area (Å²) in [7, 11) is 3.20. The zero-order valence-electron chi connectivity index (χ0n) is 19.1. The number of piperidine rings is 1. The molecule has 1 amide bonds. The summed E-state index contributed by atoms with van der Waals surface area (Å²) >= 11 is 0. The van der Waals surface area contributed by atoms with Crippen LogP contribution < -0.4 is 14.2 Å². The van der Waals surface area contributed by atoms with Crippen molar-refractivity contribution in [1.29, 1.82) is 0 Å². The number of likely N-dealkylation sites (tertiary alicyclic amines) is 1. The van der Waals surface area contributed by atoms with Crippen LogP contribution in [0, 0.1) is 13.8 Å². The molecule has 2 heterocycles. The van der Waals surface area contributed by atoms with Crippen molar-refractivity contribution in [1.82, 2.24) is 4.90 Å². The topological polar surface area (TPSA) is 65.1 Å². The molecule has 2 aromatic rings. The minimum absolute atomic E-state index is 0.0704. The first-order valence-corrected chi connectivity index (χ1v) is 10.9. The van der Waals surface area contributed by atoms with Crippen LogP contribution in [0.5, 0.6) is 17.2 Å². The number of amides is 1. The highest BCUT2D eigenvalue weighted by molar-refractivity contribution is 6.02. The van der Waals surface area contributed by atoms with Gasteiger partial charge in [0, 0.05) is 37.6 Å². The van der Waals surface area contributed by atoms with Crippen molar-refractivity contribution < 1.29 is 23.8 Å². The lowest BCUT2D eigenvalue weighted by molar-refractivity contribution is -0.129. The van der Waals surface area contributed by atoms with Gasteiger partial charge in [0.1, 0.15) is 22.8 Å². The molecule has 2 aliphatic rings. The number of ketones is 1. The van der Waals surface area contributed by atoms with Crippen molar-refractivity contribution in [2.45, 2.75) is 38.7 Å². The largest absolute Gasteiger partial charge is 0.497 e. The van der Waals surface area contributed by atoms with Crippen molar-refractivity contribution in [3.8, 4) is 17.2 Å². The van der Waals surface area contributed by atoms with Gasteiger partial charge in [-0.2, -0.15) is 0 Å². The number of Topliss-reactive ketones (excluding diaryl/α,β-unsaturated/α-hetero) is 1. The Morgan fingerprint density at radius 1 is 1.09 bits per heavy atom. The fourth-order valence-corrected chi connectivity index (χ4v) is 4.67. The van der Waals surface area contributed by atoms with Crippen LogP contribution in [0.1, 0.15) is 46.3 Å². The molecule has 0 radical (unpaired) electrons. The van der Waals surface area contributed by atoms with Gasteiger partial charge in [-0.05, 0) is 55.3 Å². The van der Waals surface area contributed by atoms with E-state index in [1.165, 1.54) is 0 Å². The third-order valence-electron chi connectivity index (χ3n) is 6.36. The van der Waals surface area contributed by atoms with Gasteiger partial charge in [0.25, 0.3) is 0 Å². The van der Waals surface area contributed by atoms with Gasteiger partial charge in [-0.25, -0.2) is 0 Å². The van der Waals surface area contributed by atoms with Crippen LogP contribution in [0.2, 0.25) is 0 Å². The Morgan fingerprint density at radius 2 is 1.84 bits per heavy atom. The van der Waals surface area contributed by atoms with Crippen LogP contribution in [0.4, 0.5) is 0 Å². The number of fused-ring (bicyclic) bond motifs is 1. The van der Waals surface area contributed by atoms with Gasteiger partial charge in [0.05, 0.1) is 26.2 Å². The smallest absolute Gasteiger partial charge is 0.246 e. The molecule has 0 aromatic heterocycles. The second-order valence-electron chi connectivity index (χ2n) is 8.61. The highest BCUT2D eigenvalue weighted by Gasteiger charge is 2.44. The number of carbonyl (C=O) groups excluding carboxylic acids is 2. The van der Waals surface area contributed by atoms with E-state index in [2.05, 4.69) is 0 Å². The summed E-state index contributed by atoms with van der Waals surface area (Å²) < 4.78 is 17.0. The summed E-state index contributed by atoms with van der Waals surface area (Å²) in [5.74, 6) is 2.12. The maximum absolute atomic E-state index is 12.9. The van der Waals surface area contributed by atoms with E-state index < -0.39 is 5.60 Å². The fourth-order valence-electron chi connectivity index (χ4n) is 4.67. The molecule has 1 fully saturated rings. The Bertz CT molecular complexity index is 1080. The number of methoxy groups -OCH3 is 2. The van der Waals surface area contributed by atoms with Gasteiger partial charge >= 0.3 is 0 Å². The summed E-state index contributed by atoms with van der Waals surface area (Å²) in [4.78, 5) is 27.5. The zero-order chi connectivity index (χ0) is 22.9. The molecule has 168 valence electrons. The summed E-state index contributed by atoms with van der Waals surface area (Å²) in [6, 6.07) is 9.42. The predicted molar refractivity (Wildman–Crippen MR) is 123 cm³/mol. The average Bonchev–Trinajstić information content (AvgIpc) is 2.76. The number of nitrogens with zero attached hydrogens (tertiary/aromatic N) is 1. The highest BCUT2D eigenvalue weighted by atomic mass is 16.5. The van der Waals surface area contributed by atoms with Crippen LogP contribution in [-0.4, -0.2) is 49.5 Å². The third kappa shape index (κ3) is 4.22. The summed E-state index contributed by atoms with van der Waals surface area (Å²) in [5.41, 5.74) is 3.00. The van der Waals surface area contributed by atoms with Crippen molar-refractivity contribution >= 4 is 17.8 Å². The lowest BCUT2D eigenvalue weighted by atomic mass is 9.81. The SMILES string of the molecule is COc1ccc(OC)c(/C=C/C(=O)N2CCC3(CC2)CC(=O)c2c(C)cc(C)cc2O3)c1. The maximum Gasteiger partial charge on any atom is 0.246 e. The Labute approximate surface area is 188 Å². The molecule has 0 saturated carbocycles. The monoisotopic (exact) mass is 435 g/mol. The van der Waals surface area contributed by atoms with E-state index in [-0.39, 0.29) is 11.7 Å². The lowest BCUT2D eigenvalue weighted by Crippen LogP contribution is -2.52. The van der Waals surface area contributed by atoms with E-state index in [1.54, 1.807) is 31.3 Å². The van der Waals surface area contributed by atoms with Crippen LogP contribution >= 0.6 is 0 Å². The summed E-state index contributed by atoms with van der Waals surface area (Å²) in [6.07, 6.45) is 4.93. The first-order valence-electron chi connectivity index (χ1n) is 10.9. The van der Waals surface area contributed by atoms with Crippen molar-refractivity contribution in [3.63, 3.8) is 0 Å². The number of rotatable bonds is 4. The lowest BCUT2D eigenvalue weighted by Gasteiger charge is -2.44. The van der Waals surface area contributed by atoms with E-state index in [0.717, 1.165) is 16.7 Å². The Kier molecular flexibility index (Phi) is 5.96. The van der Waals surface area contributed by atoms with E-state index >= 15 is 0 Å². The van der Waals surface area contributed by atoms with Gasteiger partial charge < -0.3 is 19.1 Å². The quantitative estimate of drug-likeness (QED) is 0.668. The zero-order valence-corrected chi connectivity index (χ0v) is 19.1. The summed E-state index contributed by atoms with van der Waals surface area (Å²) in [5, 5.41) is 0. The highest BCUT2D eigenvalue weighted by Crippen LogP contribution is 2.41. The van der Waals surface area contributed by atoms with E-state index in [4.69, 9.17) is 14.2 Å². The van der Waals surface area contributed by atoms with Gasteiger partial charge in [-0.3, -0.25) is 9.59 Å². The fraction of sp³-hybridized carbons (Fsp3) is 0.385. The second kappa shape index (κ2) is 8.69. The van der Waals surface area contributed by atoms with Crippen LogP contribution in [0.25, 0.3) is 6.08 Å². The van der Waals surface area contributed by atoms with Crippen molar-refractivity contribution in [2.24, 2.45) is 0 Å². The molecule has 0 unspecified atom stereocenters. The first-order chi connectivity index (χ1) is 15.3. The van der Waals surface area contributed by atoms with Gasteiger partial charge in [-0.15, -0.1) is 0 Å². The molecule has 0 aliphatic carbocycles. The molecule has 4 rings (SSSR count). The molecule has 1 spiro atoms. The Balaban J connectivity index is 1.44. The van der Waals surface area contributed by atoms with Crippen LogP contribution in [-0.2, 0) is 4.79 Å². The average molecular weight is 436 g/mol. The molecule has 0 atom stereocenters. The molecule has 6 heteroatoms. The van der Waals surface area contributed by atoms with Crippen molar-refractivity contribution in [3.05, 3.63) is 58.7 Å². The molecule has 32 heavy (non-hydrogen) atoms. The molecule has 0 N–H and O–H groups in total. The van der Waals surface area contributed by atoms with Crippen molar-refractivity contribution in [2.75, 3.05) is 27.3 Å². The molecule has 0 bridgehead atoms. The predicted octanol–water partition coefficient (Wildman–Crippen LogP) is 4.36. The molecule has 2 aliphatic heterocycles. The number of benzene rings is 2. The molecular formula is C26H29NO5. The maximum atomic E-state index is 12.9. The third-order valence-corrected chi connectivity index (χ3v) is 6.36. The van der Waals surface area contributed by atoms with Gasteiger partial charge in [0.2, 0.25) is 5.91 Å².